The number of nitrogens with two attached hydrogens (primary N) is 1. The molecule has 1 rings (SSSR count). The number of nitrogens with one attached hydrogen (secondary N) is 1. The summed E-state index contributed by atoms with van der Waals surface area (Å²) >= 11 is 0. The van der Waals surface area contributed by atoms with E-state index in [0.717, 1.165) is 0 Å². The summed E-state index contributed by atoms with van der Waals surface area (Å²) in [5.41, 5.74) is 0.980. The van der Waals surface area contributed by atoms with E-state index in [9.17, 15) is 29.4 Å². The van der Waals surface area contributed by atoms with Gasteiger partial charge in [-0.2, -0.15) is 0 Å². The van der Waals surface area contributed by atoms with E-state index in [-0.39, 0.29) is 6.61 Å². The molecule has 0 bridgehead atoms. The fourth-order valence-electron chi connectivity index (χ4n) is 2.87. The van der Waals surface area contributed by atoms with Crippen LogP contribution >= 0.6 is 0 Å². The molecule has 28 heavy (non-hydrogen) atoms. The van der Waals surface area contributed by atoms with Crippen LogP contribution in [0.3, 0.4) is 0 Å². The molecule has 10 heteroatoms. The molecule has 1 aromatic carbocycles. The van der Waals surface area contributed by atoms with Gasteiger partial charge in [-0.05, 0) is 17.9 Å². The number of alkyl carbamates (subject to hydrolysis) is 1. The Kier molecular flexibility index (Phi) is 7.51. The van der Waals surface area contributed by atoms with Crippen LogP contribution in [-0.2, 0) is 25.7 Å². The standard InChI is InChI=1S/C18H24N2O8/c1-11(2)8-18(15(25)26,17(19,14(23)24)9-13(21)22)20-16(27)28-10-12-6-4-3-5-7-12/h3-7,11H,8-10,19H2,1-2H3,(H,20,27)(H,21,22)(H,23,24)(H,25,26). The van der Waals surface area contributed by atoms with Crippen LogP contribution in [0.2, 0.25) is 0 Å². The number of amides is 1. The summed E-state index contributed by atoms with van der Waals surface area (Å²) < 4.78 is 4.99. The van der Waals surface area contributed by atoms with Gasteiger partial charge in [0.25, 0.3) is 0 Å². The highest BCUT2D eigenvalue weighted by Crippen LogP contribution is 2.32. The SMILES string of the molecule is CC(C)CC(NC(=O)OCc1ccccc1)(C(=O)O)C(N)(CC(=O)O)C(=O)O. The molecule has 0 aliphatic rings. The van der Waals surface area contributed by atoms with Gasteiger partial charge in [-0.25, -0.2) is 9.59 Å². The predicted octanol–water partition coefficient (Wildman–Crippen LogP) is 1.04. The van der Waals surface area contributed by atoms with Crippen LogP contribution in [0.4, 0.5) is 4.79 Å². The zero-order chi connectivity index (χ0) is 21.5. The fraction of sp³-hybridized carbons (Fsp3) is 0.444. The number of hydrogen-bond acceptors (Lipinski definition) is 6. The van der Waals surface area contributed by atoms with Crippen LogP contribution in [0, 0.1) is 5.92 Å². The van der Waals surface area contributed by atoms with Gasteiger partial charge in [-0.3, -0.25) is 9.59 Å². The Bertz CT molecular complexity index is 736. The zero-order valence-electron chi connectivity index (χ0n) is 15.5. The number of carbonyl (C=O) groups excluding carboxylic acids is 1. The maximum atomic E-state index is 12.3. The molecule has 2 unspecified atom stereocenters. The normalized spacial score (nSPS) is 15.1. The molecule has 1 amide bonds. The van der Waals surface area contributed by atoms with Gasteiger partial charge < -0.3 is 31.1 Å². The Hall–Kier alpha value is -3.14. The average molecular weight is 396 g/mol. The third-order valence-electron chi connectivity index (χ3n) is 4.18. The molecule has 2 atom stereocenters. The van der Waals surface area contributed by atoms with Crippen molar-refractivity contribution in [1.29, 1.82) is 0 Å². The highest BCUT2D eigenvalue weighted by Gasteiger charge is 2.62. The summed E-state index contributed by atoms with van der Waals surface area (Å²) in [7, 11) is 0. The Morgan fingerprint density at radius 3 is 2.07 bits per heavy atom. The second-order valence-corrected chi connectivity index (χ2v) is 6.84. The van der Waals surface area contributed by atoms with Crippen molar-refractivity contribution in [2.24, 2.45) is 11.7 Å². The molecule has 10 nitrogen and oxygen atoms in total. The minimum atomic E-state index is -2.82. The fourth-order valence-corrected chi connectivity index (χ4v) is 2.87. The van der Waals surface area contributed by atoms with Crippen molar-refractivity contribution in [2.45, 2.75) is 44.4 Å². The van der Waals surface area contributed by atoms with Crippen LogP contribution < -0.4 is 11.1 Å². The maximum Gasteiger partial charge on any atom is 0.408 e. The molecule has 154 valence electrons. The summed E-state index contributed by atoms with van der Waals surface area (Å²) in [6.45, 7) is 2.96. The topological polar surface area (TPSA) is 176 Å². The third kappa shape index (κ3) is 5.19. The third-order valence-corrected chi connectivity index (χ3v) is 4.18. The lowest BCUT2D eigenvalue weighted by Gasteiger charge is -2.42. The van der Waals surface area contributed by atoms with E-state index in [1.165, 1.54) is 0 Å². The van der Waals surface area contributed by atoms with E-state index < -0.39 is 53.8 Å². The van der Waals surface area contributed by atoms with Crippen LogP contribution in [0.1, 0.15) is 32.3 Å². The molecule has 0 saturated heterocycles. The van der Waals surface area contributed by atoms with E-state index in [4.69, 9.17) is 15.6 Å². The maximum absolute atomic E-state index is 12.3. The van der Waals surface area contributed by atoms with Crippen molar-refractivity contribution in [2.75, 3.05) is 0 Å². The van der Waals surface area contributed by atoms with Crippen molar-refractivity contribution < 1.29 is 39.2 Å². The van der Waals surface area contributed by atoms with Gasteiger partial charge in [-0.15, -0.1) is 0 Å². The monoisotopic (exact) mass is 396 g/mol. The summed E-state index contributed by atoms with van der Waals surface area (Å²) in [6.07, 6.45) is -2.88. The molecule has 0 fully saturated rings. The number of rotatable bonds is 10. The first-order valence-corrected chi connectivity index (χ1v) is 8.41. The van der Waals surface area contributed by atoms with E-state index >= 15 is 0 Å². The quantitative estimate of drug-likeness (QED) is 0.386. The van der Waals surface area contributed by atoms with Crippen molar-refractivity contribution >= 4 is 24.0 Å². The highest BCUT2D eigenvalue weighted by atomic mass is 16.5. The van der Waals surface area contributed by atoms with Crippen molar-refractivity contribution in [3.63, 3.8) is 0 Å². The minimum Gasteiger partial charge on any atom is -0.481 e. The largest absolute Gasteiger partial charge is 0.481 e. The first-order chi connectivity index (χ1) is 12.9. The molecule has 0 spiro atoms. The Balaban J connectivity index is 3.25. The molecule has 0 aromatic heterocycles. The molecule has 0 radical (unpaired) electrons. The molecule has 0 saturated carbocycles. The van der Waals surface area contributed by atoms with Crippen molar-refractivity contribution in [1.82, 2.24) is 5.32 Å². The van der Waals surface area contributed by atoms with Crippen LogP contribution in [-0.4, -0.2) is 50.4 Å². The first-order valence-electron chi connectivity index (χ1n) is 8.41. The van der Waals surface area contributed by atoms with Crippen LogP contribution in [0.15, 0.2) is 30.3 Å². The van der Waals surface area contributed by atoms with Gasteiger partial charge in [-0.1, -0.05) is 44.2 Å². The first kappa shape index (κ1) is 22.9. The summed E-state index contributed by atoms with van der Waals surface area (Å²) in [5, 5.41) is 30.5. The summed E-state index contributed by atoms with van der Waals surface area (Å²) in [5.74, 6) is -5.72. The molecule has 0 heterocycles. The second-order valence-electron chi connectivity index (χ2n) is 6.84. The number of hydrogen-bond donors (Lipinski definition) is 5. The Labute approximate surface area is 161 Å². The van der Waals surface area contributed by atoms with Gasteiger partial charge in [0.15, 0.2) is 11.1 Å². The number of carbonyl (C=O) groups is 4. The van der Waals surface area contributed by atoms with Crippen LogP contribution in [0.25, 0.3) is 0 Å². The molecule has 1 aromatic rings. The van der Waals surface area contributed by atoms with Gasteiger partial charge in [0.2, 0.25) is 0 Å². The Morgan fingerprint density at radius 2 is 1.64 bits per heavy atom. The van der Waals surface area contributed by atoms with E-state index in [0.29, 0.717) is 5.56 Å². The number of carboxylic acids is 3. The van der Waals surface area contributed by atoms with E-state index in [1.807, 2.05) is 5.32 Å². The molecule has 0 aliphatic carbocycles. The number of benzene rings is 1. The number of ether oxygens (including phenoxy) is 1. The highest BCUT2D eigenvalue weighted by molar-refractivity contribution is 5.97. The van der Waals surface area contributed by atoms with Gasteiger partial charge in [0.1, 0.15) is 6.61 Å². The lowest BCUT2D eigenvalue weighted by atomic mass is 9.70. The number of carboxylic acid groups (broad SMARTS) is 3. The molecule has 0 aliphatic heterocycles. The number of aliphatic carboxylic acids is 3. The second kappa shape index (κ2) is 9.18. The molecule has 6 N–H and O–H groups in total. The van der Waals surface area contributed by atoms with Crippen molar-refractivity contribution in [3.05, 3.63) is 35.9 Å². The predicted molar refractivity (Wildman–Crippen MR) is 96.4 cm³/mol. The van der Waals surface area contributed by atoms with Crippen molar-refractivity contribution in [3.8, 4) is 0 Å². The van der Waals surface area contributed by atoms with E-state index in [1.54, 1.807) is 44.2 Å². The lowest BCUT2D eigenvalue weighted by Crippen LogP contribution is -2.76. The van der Waals surface area contributed by atoms with Gasteiger partial charge >= 0.3 is 24.0 Å². The minimum absolute atomic E-state index is 0.201. The zero-order valence-corrected chi connectivity index (χ0v) is 15.5. The smallest absolute Gasteiger partial charge is 0.408 e. The summed E-state index contributed by atoms with van der Waals surface area (Å²) in [6, 6.07) is 8.50. The van der Waals surface area contributed by atoms with E-state index in [2.05, 4.69) is 0 Å². The average Bonchev–Trinajstić information content (AvgIpc) is 2.58. The summed E-state index contributed by atoms with van der Waals surface area (Å²) in [4.78, 5) is 47.4. The van der Waals surface area contributed by atoms with Gasteiger partial charge in [0, 0.05) is 0 Å². The van der Waals surface area contributed by atoms with Crippen LogP contribution in [0.5, 0.6) is 0 Å². The lowest BCUT2D eigenvalue weighted by molar-refractivity contribution is -0.163. The molecular weight excluding hydrogens is 372 g/mol. The Morgan fingerprint density at radius 1 is 1.07 bits per heavy atom. The molecular formula is C18H24N2O8. The van der Waals surface area contributed by atoms with Gasteiger partial charge in [0.05, 0.1) is 6.42 Å².